The van der Waals surface area contributed by atoms with Gasteiger partial charge in [0.2, 0.25) is 5.91 Å². The normalized spacial score (nSPS) is 13.4. The van der Waals surface area contributed by atoms with Gasteiger partial charge >= 0.3 is 6.18 Å². The summed E-state index contributed by atoms with van der Waals surface area (Å²) in [6, 6.07) is 0. The van der Waals surface area contributed by atoms with Gasteiger partial charge in [-0.1, -0.05) is 13.3 Å². The van der Waals surface area contributed by atoms with Crippen LogP contribution in [0.1, 0.15) is 39.5 Å². The van der Waals surface area contributed by atoms with Gasteiger partial charge in [0.1, 0.15) is 6.54 Å². The van der Waals surface area contributed by atoms with Crippen LogP contribution in [-0.2, 0) is 4.79 Å². The number of nitrogens with zero attached hydrogens (tertiary/aromatic N) is 1. The van der Waals surface area contributed by atoms with E-state index in [0.717, 1.165) is 17.7 Å². The van der Waals surface area contributed by atoms with Crippen molar-refractivity contribution < 1.29 is 18.0 Å². The van der Waals surface area contributed by atoms with Crippen LogP contribution < -0.4 is 5.73 Å². The number of nitrogens with two attached hydrogens (primary N) is 1. The Kier molecular flexibility index (Phi) is 7.98. The zero-order chi connectivity index (χ0) is 14.2. The van der Waals surface area contributed by atoms with E-state index in [1.807, 2.05) is 6.92 Å². The van der Waals surface area contributed by atoms with Crippen LogP contribution in [0.4, 0.5) is 13.2 Å². The molecule has 0 aliphatic rings. The molecule has 0 rings (SSSR count). The molecule has 0 aromatic carbocycles. The summed E-state index contributed by atoms with van der Waals surface area (Å²) in [5.41, 5.74) is 5.44. The molecule has 1 unspecified atom stereocenters. The highest BCUT2D eigenvalue weighted by Crippen LogP contribution is 2.19. The molecule has 18 heavy (non-hydrogen) atoms. The zero-order valence-corrected chi connectivity index (χ0v) is 11.1. The summed E-state index contributed by atoms with van der Waals surface area (Å²) in [6.07, 6.45) is -1.83. The fourth-order valence-electron chi connectivity index (χ4n) is 1.87. The lowest BCUT2D eigenvalue weighted by Gasteiger charge is -2.23. The Labute approximate surface area is 107 Å². The quantitative estimate of drug-likeness (QED) is 0.735. The molecule has 0 heterocycles. The highest BCUT2D eigenvalue weighted by Gasteiger charge is 2.32. The number of halogens is 3. The Hall–Kier alpha value is -0.780. The monoisotopic (exact) mass is 268 g/mol. The molecule has 2 N–H and O–H groups in total. The lowest BCUT2D eigenvalue weighted by atomic mass is 9.96. The third kappa shape index (κ3) is 7.53. The van der Waals surface area contributed by atoms with E-state index in [2.05, 4.69) is 0 Å². The molecule has 0 aromatic rings. The van der Waals surface area contributed by atoms with Crippen LogP contribution in [0.5, 0.6) is 0 Å². The Morgan fingerprint density at radius 3 is 2.28 bits per heavy atom. The van der Waals surface area contributed by atoms with Crippen LogP contribution in [0, 0.1) is 5.92 Å². The van der Waals surface area contributed by atoms with E-state index < -0.39 is 18.6 Å². The first-order valence-electron chi connectivity index (χ1n) is 6.38. The third-order valence-electron chi connectivity index (χ3n) is 3.02. The van der Waals surface area contributed by atoms with Gasteiger partial charge in [0.05, 0.1) is 0 Å². The second-order valence-electron chi connectivity index (χ2n) is 4.41. The summed E-state index contributed by atoms with van der Waals surface area (Å²) >= 11 is 0. The summed E-state index contributed by atoms with van der Waals surface area (Å²) in [7, 11) is 0. The highest BCUT2D eigenvalue weighted by molar-refractivity contribution is 5.76. The van der Waals surface area contributed by atoms with E-state index in [1.165, 1.54) is 0 Å². The van der Waals surface area contributed by atoms with E-state index in [0.29, 0.717) is 18.9 Å². The molecule has 0 aliphatic heterocycles. The van der Waals surface area contributed by atoms with Crippen LogP contribution in [-0.4, -0.2) is 36.6 Å². The second-order valence-corrected chi connectivity index (χ2v) is 4.41. The van der Waals surface area contributed by atoms with Crippen LogP contribution in [0.3, 0.4) is 0 Å². The molecule has 0 radical (unpaired) electrons. The van der Waals surface area contributed by atoms with E-state index in [-0.39, 0.29) is 13.0 Å². The molecular weight excluding hydrogens is 245 g/mol. The van der Waals surface area contributed by atoms with Gasteiger partial charge in [-0.05, 0) is 32.2 Å². The van der Waals surface area contributed by atoms with Crippen molar-refractivity contribution in [1.29, 1.82) is 0 Å². The van der Waals surface area contributed by atoms with Crippen LogP contribution >= 0.6 is 0 Å². The molecule has 0 aliphatic carbocycles. The molecule has 0 saturated heterocycles. The molecule has 3 nitrogen and oxygen atoms in total. The van der Waals surface area contributed by atoms with Crippen molar-refractivity contribution >= 4 is 5.91 Å². The van der Waals surface area contributed by atoms with Crippen molar-refractivity contribution in [2.45, 2.75) is 45.7 Å². The fourth-order valence-corrected chi connectivity index (χ4v) is 1.87. The van der Waals surface area contributed by atoms with Crippen LogP contribution in [0.25, 0.3) is 0 Å². The summed E-state index contributed by atoms with van der Waals surface area (Å²) in [5.74, 6) is -0.103. The van der Waals surface area contributed by atoms with E-state index in [4.69, 9.17) is 5.73 Å². The second kappa shape index (κ2) is 8.34. The van der Waals surface area contributed by atoms with Crippen molar-refractivity contribution in [3.05, 3.63) is 0 Å². The van der Waals surface area contributed by atoms with Crippen molar-refractivity contribution in [2.75, 3.05) is 19.6 Å². The zero-order valence-electron chi connectivity index (χ0n) is 11.1. The Bertz CT molecular complexity index is 244. The van der Waals surface area contributed by atoms with Gasteiger partial charge in [-0.3, -0.25) is 4.79 Å². The molecule has 0 spiro atoms. The minimum Gasteiger partial charge on any atom is -0.334 e. The molecule has 6 heteroatoms. The third-order valence-corrected chi connectivity index (χ3v) is 3.02. The maximum Gasteiger partial charge on any atom is 0.406 e. The SMILES string of the molecule is CCC(CCN)CCC(=O)N(CC)CC(F)(F)F. The van der Waals surface area contributed by atoms with Gasteiger partial charge < -0.3 is 10.6 Å². The van der Waals surface area contributed by atoms with E-state index >= 15 is 0 Å². The lowest BCUT2D eigenvalue weighted by molar-refractivity contribution is -0.160. The predicted molar refractivity (Wildman–Crippen MR) is 65.0 cm³/mol. The van der Waals surface area contributed by atoms with Gasteiger partial charge in [0.15, 0.2) is 0 Å². The molecule has 1 atom stereocenters. The topological polar surface area (TPSA) is 46.3 Å². The average molecular weight is 268 g/mol. The van der Waals surface area contributed by atoms with Crippen molar-refractivity contribution in [2.24, 2.45) is 11.7 Å². The number of rotatable bonds is 8. The number of hydrogen-bond acceptors (Lipinski definition) is 2. The standard InChI is InChI=1S/C12H23F3N2O/c1-3-10(7-8-16)5-6-11(18)17(4-2)9-12(13,14)15/h10H,3-9,16H2,1-2H3. The molecule has 0 bridgehead atoms. The molecular formula is C12H23F3N2O. The first-order chi connectivity index (χ1) is 8.34. The van der Waals surface area contributed by atoms with Gasteiger partial charge in [-0.25, -0.2) is 0 Å². The number of carbonyl (C=O) groups excluding carboxylic acids is 1. The minimum atomic E-state index is -4.33. The predicted octanol–water partition coefficient (Wildman–Crippen LogP) is 2.55. The number of alkyl halides is 3. The summed E-state index contributed by atoms with van der Waals surface area (Å²) in [4.78, 5) is 12.5. The molecule has 0 fully saturated rings. The molecule has 0 saturated carbocycles. The highest BCUT2D eigenvalue weighted by atomic mass is 19.4. The van der Waals surface area contributed by atoms with Gasteiger partial charge in [-0.15, -0.1) is 0 Å². The van der Waals surface area contributed by atoms with Crippen molar-refractivity contribution in [3.8, 4) is 0 Å². The number of carbonyl (C=O) groups is 1. The van der Waals surface area contributed by atoms with Crippen LogP contribution in [0.15, 0.2) is 0 Å². The fraction of sp³-hybridized carbons (Fsp3) is 0.917. The summed E-state index contributed by atoms with van der Waals surface area (Å²) < 4.78 is 36.7. The first kappa shape index (κ1) is 17.2. The van der Waals surface area contributed by atoms with Crippen molar-refractivity contribution in [1.82, 2.24) is 4.90 Å². The average Bonchev–Trinajstić information content (AvgIpc) is 2.29. The summed E-state index contributed by atoms with van der Waals surface area (Å²) in [5, 5.41) is 0. The Morgan fingerprint density at radius 2 is 1.89 bits per heavy atom. The smallest absolute Gasteiger partial charge is 0.334 e. The maximum atomic E-state index is 12.2. The van der Waals surface area contributed by atoms with E-state index in [9.17, 15) is 18.0 Å². The van der Waals surface area contributed by atoms with E-state index in [1.54, 1.807) is 6.92 Å². The van der Waals surface area contributed by atoms with Crippen molar-refractivity contribution in [3.63, 3.8) is 0 Å². The molecule has 1 amide bonds. The van der Waals surface area contributed by atoms with Gasteiger partial charge in [0, 0.05) is 13.0 Å². The van der Waals surface area contributed by atoms with Gasteiger partial charge in [0.25, 0.3) is 0 Å². The van der Waals surface area contributed by atoms with Crippen LogP contribution in [0.2, 0.25) is 0 Å². The summed E-state index contributed by atoms with van der Waals surface area (Å²) in [6.45, 7) is 3.04. The molecule has 108 valence electrons. The molecule has 0 aromatic heterocycles. The Morgan fingerprint density at radius 1 is 1.28 bits per heavy atom. The first-order valence-corrected chi connectivity index (χ1v) is 6.38. The Balaban J connectivity index is 4.19. The number of hydrogen-bond donors (Lipinski definition) is 1. The largest absolute Gasteiger partial charge is 0.406 e. The van der Waals surface area contributed by atoms with Gasteiger partial charge in [-0.2, -0.15) is 13.2 Å². The minimum absolute atomic E-state index is 0.0893. The maximum absolute atomic E-state index is 12.2. The lowest BCUT2D eigenvalue weighted by Crippen LogP contribution is -2.38. The number of amides is 1.